The largest absolute Gasteiger partial charge is 0.335 e. The highest BCUT2D eigenvalue weighted by molar-refractivity contribution is 7.91. The maximum absolute atomic E-state index is 12.8. The summed E-state index contributed by atoms with van der Waals surface area (Å²) in [5.41, 5.74) is 1.86. The fourth-order valence-corrected chi connectivity index (χ4v) is 4.72. The molecule has 0 saturated carbocycles. The van der Waals surface area contributed by atoms with E-state index in [2.05, 4.69) is 20.8 Å². The Kier molecular flexibility index (Phi) is 5.19. The molecule has 0 aromatic heterocycles. The lowest BCUT2D eigenvalue weighted by molar-refractivity contribution is 0.0697. The maximum atomic E-state index is 12.8. The Hall–Kier alpha value is -1.36. The van der Waals surface area contributed by atoms with E-state index in [-0.39, 0.29) is 28.9 Å². The first-order chi connectivity index (χ1) is 10.6. The van der Waals surface area contributed by atoms with Crippen molar-refractivity contribution in [1.29, 1.82) is 0 Å². The minimum atomic E-state index is -2.99. The number of sulfone groups is 1. The first kappa shape index (κ1) is 18.0. The Morgan fingerprint density at radius 3 is 2.26 bits per heavy atom. The van der Waals surface area contributed by atoms with Gasteiger partial charge in [0.25, 0.3) is 5.91 Å². The minimum Gasteiger partial charge on any atom is -0.335 e. The molecule has 1 amide bonds. The number of hydrogen-bond donors (Lipinski definition) is 0. The molecule has 2 rings (SSSR count). The second-order valence-corrected chi connectivity index (χ2v) is 9.61. The molecule has 5 heteroatoms. The molecular weight excluding hydrogens is 310 g/mol. The SMILES string of the molecule is CCCN(C(=O)c1ccc(C(C)(C)C)cc1)C1CCS(=O)(=O)C1. The fraction of sp³-hybridized carbons (Fsp3) is 0.611. The fourth-order valence-electron chi connectivity index (χ4n) is 2.99. The molecule has 1 aromatic rings. The third-order valence-electron chi connectivity index (χ3n) is 4.37. The third-order valence-corrected chi connectivity index (χ3v) is 6.12. The van der Waals surface area contributed by atoms with Crippen LogP contribution in [0.5, 0.6) is 0 Å². The molecular formula is C18H27NO3S. The zero-order valence-electron chi connectivity index (χ0n) is 14.5. The second kappa shape index (κ2) is 6.63. The van der Waals surface area contributed by atoms with Gasteiger partial charge in [-0.1, -0.05) is 39.8 Å². The molecule has 1 aliphatic rings. The van der Waals surface area contributed by atoms with Crippen LogP contribution in [0.25, 0.3) is 0 Å². The van der Waals surface area contributed by atoms with Gasteiger partial charge in [-0.2, -0.15) is 0 Å². The molecule has 4 nitrogen and oxygen atoms in total. The lowest BCUT2D eigenvalue weighted by atomic mass is 9.86. The average molecular weight is 337 g/mol. The average Bonchev–Trinajstić information content (AvgIpc) is 2.83. The van der Waals surface area contributed by atoms with E-state index in [1.54, 1.807) is 4.90 Å². The monoisotopic (exact) mass is 337 g/mol. The van der Waals surface area contributed by atoms with Gasteiger partial charge in [-0.15, -0.1) is 0 Å². The van der Waals surface area contributed by atoms with Crippen LogP contribution in [0.3, 0.4) is 0 Å². The summed E-state index contributed by atoms with van der Waals surface area (Å²) in [7, 11) is -2.99. The highest BCUT2D eigenvalue weighted by Gasteiger charge is 2.34. The Labute approximate surface area is 139 Å². The van der Waals surface area contributed by atoms with Gasteiger partial charge < -0.3 is 4.90 Å². The summed E-state index contributed by atoms with van der Waals surface area (Å²) in [5.74, 6) is 0.224. The van der Waals surface area contributed by atoms with Crippen LogP contribution in [0, 0.1) is 0 Å². The summed E-state index contributed by atoms with van der Waals surface area (Å²) in [6, 6.07) is 7.50. The maximum Gasteiger partial charge on any atom is 0.254 e. The molecule has 0 aliphatic carbocycles. The Bertz CT molecular complexity index is 657. The zero-order chi connectivity index (χ0) is 17.3. The number of nitrogens with zero attached hydrogens (tertiary/aromatic N) is 1. The number of carbonyl (C=O) groups excluding carboxylic acids is 1. The molecule has 0 N–H and O–H groups in total. The van der Waals surface area contributed by atoms with Gasteiger partial charge in [0.1, 0.15) is 0 Å². The lowest BCUT2D eigenvalue weighted by Gasteiger charge is -2.28. The Morgan fingerprint density at radius 2 is 1.83 bits per heavy atom. The molecule has 128 valence electrons. The van der Waals surface area contributed by atoms with Crippen LogP contribution in [0.1, 0.15) is 56.5 Å². The molecule has 0 bridgehead atoms. The third kappa shape index (κ3) is 4.34. The van der Waals surface area contributed by atoms with E-state index in [0.29, 0.717) is 18.5 Å². The number of carbonyl (C=O) groups is 1. The van der Waals surface area contributed by atoms with E-state index in [0.717, 1.165) is 6.42 Å². The molecule has 0 spiro atoms. The molecule has 1 fully saturated rings. The second-order valence-electron chi connectivity index (χ2n) is 7.38. The van der Waals surface area contributed by atoms with Crippen molar-refractivity contribution < 1.29 is 13.2 Å². The van der Waals surface area contributed by atoms with E-state index >= 15 is 0 Å². The highest BCUT2D eigenvalue weighted by atomic mass is 32.2. The number of rotatable bonds is 4. The minimum absolute atomic E-state index is 0.0458. The summed E-state index contributed by atoms with van der Waals surface area (Å²) in [6.07, 6.45) is 1.37. The van der Waals surface area contributed by atoms with Crippen LogP contribution >= 0.6 is 0 Å². The van der Waals surface area contributed by atoms with Crippen molar-refractivity contribution in [3.8, 4) is 0 Å². The summed E-state index contributed by atoms with van der Waals surface area (Å²) in [4.78, 5) is 14.6. The van der Waals surface area contributed by atoms with Gasteiger partial charge in [-0.05, 0) is 36.0 Å². The smallest absolute Gasteiger partial charge is 0.254 e. The van der Waals surface area contributed by atoms with Gasteiger partial charge in [-0.25, -0.2) is 8.42 Å². The molecule has 1 aromatic carbocycles. The van der Waals surface area contributed by atoms with Crippen molar-refractivity contribution in [2.45, 2.75) is 52.0 Å². The number of amides is 1. The van der Waals surface area contributed by atoms with Gasteiger partial charge >= 0.3 is 0 Å². The van der Waals surface area contributed by atoms with Crippen molar-refractivity contribution >= 4 is 15.7 Å². The topological polar surface area (TPSA) is 54.5 Å². The van der Waals surface area contributed by atoms with Crippen molar-refractivity contribution in [3.05, 3.63) is 35.4 Å². The van der Waals surface area contributed by atoms with Crippen molar-refractivity contribution in [2.24, 2.45) is 0 Å². The first-order valence-corrected chi connectivity index (χ1v) is 10.1. The number of benzene rings is 1. The normalized spacial score (nSPS) is 20.4. The van der Waals surface area contributed by atoms with Gasteiger partial charge in [0, 0.05) is 18.2 Å². The van der Waals surface area contributed by atoms with Crippen molar-refractivity contribution in [3.63, 3.8) is 0 Å². The summed E-state index contributed by atoms with van der Waals surface area (Å²) >= 11 is 0. The zero-order valence-corrected chi connectivity index (χ0v) is 15.3. The predicted octanol–water partition coefficient (Wildman–Crippen LogP) is 3.02. The predicted molar refractivity (Wildman–Crippen MR) is 93.5 cm³/mol. The van der Waals surface area contributed by atoms with E-state index in [9.17, 15) is 13.2 Å². The highest BCUT2D eigenvalue weighted by Crippen LogP contribution is 2.24. The quantitative estimate of drug-likeness (QED) is 0.848. The van der Waals surface area contributed by atoms with Crippen LogP contribution in [0.15, 0.2) is 24.3 Å². The lowest BCUT2D eigenvalue weighted by Crippen LogP contribution is -2.41. The van der Waals surface area contributed by atoms with Gasteiger partial charge in [0.05, 0.1) is 11.5 Å². The standard InChI is InChI=1S/C18H27NO3S/c1-5-11-19(16-10-12-23(21,22)13-16)17(20)14-6-8-15(9-7-14)18(2,3)4/h6-9,16H,5,10-13H2,1-4H3. The van der Waals surface area contributed by atoms with Gasteiger partial charge in [0.15, 0.2) is 9.84 Å². The van der Waals surface area contributed by atoms with E-state index in [4.69, 9.17) is 0 Å². The molecule has 23 heavy (non-hydrogen) atoms. The van der Waals surface area contributed by atoms with Crippen molar-refractivity contribution in [2.75, 3.05) is 18.1 Å². The summed E-state index contributed by atoms with van der Waals surface area (Å²) in [5, 5.41) is 0. The van der Waals surface area contributed by atoms with E-state index in [1.807, 2.05) is 31.2 Å². The molecule has 1 saturated heterocycles. The molecule has 1 atom stereocenters. The molecule has 1 aliphatic heterocycles. The van der Waals surface area contributed by atoms with Crippen LogP contribution in [-0.2, 0) is 15.3 Å². The molecule has 1 unspecified atom stereocenters. The Morgan fingerprint density at radius 1 is 1.22 bits per heavy atom. The molecule has 0 radical (unpaired) electrons. The van der Waals surface area contributed by atoms with Crippen LogP contribution in [-0.4, -0.2) is 43.3 Å². The number of hydrogen-bond acceptors (Lipinski definition) is 3. The summed E-state index contributed by atoms with van der Waals surface area (Å²) in [6.45, 7) is 9.01. The van der Waals surface area contributed by atoms with Gasteiger partial charge in [0.2, 0.25) is 0 Å². The van der Waals surface area contributed by atoms with E-state index in [1.165, 1.54) is 5.56 Å². The van der Waals surface area contributed by atoms with Crippen molar-refractivity contribution in [1.82, 2.24) is 4.90 Å². The van der Waals surface area contributed by atoms with Crippen LogP contribution in [0.2, 0.25) is 0 Å². The molecule has 1 heterocycles. The first-order valence-electron chi connectivity index (χ1n) is 8.26. The van der Waals surface area contributed by atoms with Crippen LogP contribution in [0.4, 0.5) is 0 Å². The Balaban J connectivity index is 2.21. The summed E-state index contributed by atoms with van der Waals surface area (Å²) < 4.78 is 23.5. The van der Waals surface area contributed by atoms with E-state index < -0.39 is 9.84 Å². The van der Waals surface area contributed by atoms with Crippen LogP contribution < -0.4 is 0 Å². The van der Waals surface area contributed by atoms with Gasteiger partial charge in [-0.3, -0.25) is 4.79 Å².